The lowest BCUT2D eigenvalue weighted by atomic mass is 9.79. The molecule has 3 aromatic rings. The lowest BCUT2D eigenvalue weighted by Crippen LogP contribution is -2.61. The second-order valence-corrected chi connectivity index (χ2v) is 12.7. The van der Waals surface area contributed by atoms with E-state index in [-0.39, 0.29) is 17.3 Å². The van der Waals surface area contributed by atoms with Crippen LogP contribution in [0.5, 0.6) is 5.88 Å². The van der Waals surface area contributed by atoms with E-state index in [2.05, 4.69) is 68.3 Å². The normalized spacial score (nSPS) is 23.0. The summed E-state index contributed by atoms with van der Waals surface area (Å²) in [6.45, 7) is 10.5. The zero-order valence-corrected chi connectivity index (χ0v) is 22.7. The maximum atomic E-state index is 6.14. The molecule has 9 heteroatoms. The van der Waals surface area contributed by atoms with E-state index in [4.69, 9.17) is 19.6 Å². The molecule has 36 heavy (non-hydrogen) atoms. The van der Waals surface area contributed by atoms with Crippen LogP contribution in [0.4, 0.5) is 5.13 Å². The third-order valence-electron chi connectivity index (χ3n) is 7.53. The molecule has 1 N–H and O–H groups in total. The molecule has 0 spiro atoms. The van der Waals surface area contributed by atoms with Gasteiger partial charge in [0.2, 0.25) is 5.88 Å². The monoisotopic (exact) mass is 508 g/mol. The first-order valence-electron chi connectivity index (χ1n) is 13.0. The molecule has 0 bridgehead atoms. The topological polar surface area (TPSA) is 77.3 Å². The minimum absolute atomic E-state index is 0.0558. The highest BCUT2D eigenvalue weighted by Gasteiger charge is 2.40. The molecule has 0 aliphatic carbocycles. The van der Waals surface area contributed by atoms with Gasteiger partial charge in [-0.15, -0.1) is 0 Å². The van der Waals surface area contributed by atoms with Gasteiger partial charge in [-0.3, -0.25) is 0 Å². The van der Waals surface area contributed by atoms with Crippen molar-refractivity contribution < 1.29 is 9.47 Å². The quantitative estimate of drug-likeness (QED) is 0.505. The van der Waals surface area contributed by atoms with Crippen LogP contribution in [-0.2, 0) is 11.3 Å². The van der Waals surface area contributed by atoms with Crippen molar-refractivity contribution >= 4 is 16.5 Å². The standard InChI is InChI=1S/C27H36N6O2S/c1-26(2)13-19(14-27(3,4)31-26)32(5)25-29-24-23(36-25)20-10-9-17(12-18(20)16-35-24)21-15-28-33(30-21)22-8-6-7-11-34-22/h9-10,12,15,19,22,31H,6-8,11,13-14,16H2,1-5H3. The number of fused-ring (bicyclic) bond motifs is 3. The van der Waals surface area contributed by atoms with Gasteiger partial charge in [0.05, 0.1) is 6.20 Å². The van der Waals surface area contributed by atoms with E-state index in [0.29, 0.717) is 12.6 Å². The number of nitrogens with one attached hydrogen (secondary N) is 1. The Kier molecular flexibility index (Phi) is 5.85. The maximum absolute atomic E-state index is 6.14. The fourth-order valence-electron chi connectivity index (χ4n) is 6.11. The summed E-state index contributed by atoms with van der Waals surface area (Å²) in [6.07, 6.45) is 7.15. The molecule has 3 aliphatic heterocycles. The molecule has 2 aromatic heterocycles. The van der Waals surface area contributed by atoms with E-state index in [1.54, 1.807) is 16.1 Å². The number of hydrogen-bond donors (Lipinski definition) is 1. The predicted molar refractivity (Wildman–Crippen MR) is 142 cm³/mol. The van der Waals surface area contributed by atoms with Crippen molar-refractivity contribution in [3.05, 3.63) is 30.0 Å². The highest BCUT2D eigenvalue weighted by molar-refractivity contribution is 7.19. The maximum Gasteiger partial charge on any atom is 0.234 e. The molecule has 0 radical (unpaired) electrons. The Bertz CT molecular complexity index is 1240. The van der Waals surface area contributed by atoms with Gasteiger partial charge in [-0.1, -0.05) is 23.5 Å². The molecule has 2 saturated heterocycles. The second-order valence-electron chi connectivity index (χ2n) is 11.7. The predicted octanol–water partition coefficient (Wildman–Crippen LogP) is 5.41. The zero-order valence-electron chi connectivity index (χ0n) is 21.9. The molecule has 192 valence electrons. The van der Waals surface area contributed by atoms with E-state index in [0.717, 1.165) is 71.4 Å². The Balaban J connectivity index is 1.24. The minimum Gasteiger partial charge on any atom is -0.472 e. The average molecular weight is 509 g/mol. The Morgan fingerprint density at radius 1 is 1.14 bits per heavy atom. The molecule has 1 aromatic carbocycles. The summed E-state index contributed by atoms with van der Waals surface area (Å²) in [4.78, 5) is 10.1. The van der Waals surface area contributed by atoms with Crippen molar-refractivity contribution in [1.82, 2.24) is 25.3 Å². The van der Waals surface area contributed by atoms with Crippen LogP contribution in [0.25, 0.3) is 21.7 Å². The molecule has 2 fully saturated rings. The van der Waals surface area contributed by atoms with Gasteiger partial charge in [-0.25, -0.2) is 0 Å². The lowest BCUT2D eigenvalue weighted by molar-refractivity contribution is -0.0479. The summed E-state index contributed by atoms with van der Waals surface area (Å²) >= 11 is 1.73. The van der Waals surface area contributed by atoms with Crippen LogP contribution in [0.2, 0.25) is 0 Å². The SMILES string of the molecule is CN(c1nc2c(s1)-c1ccc(-c3cnn(C4CCCCO4)n3)cc1CO2)C1CC(C)(C)NC(C)(C)C1. The van der Waals surface area contributed by atoms with E-state index in [1.165, 1.54) is 5.56 Å². The van der Waals surface area contributed by atoms with Gasteiger partial charge < -0.3 is 19.7 Å². The molecule has 0 saturated carbocycles. The summed E-state index contributed by atoms with van der Waals surface area (Å²) in [5, 5.41) is 14.0. The number of hydrogen-bond acceptors (Lipinski definition) is 8. The highest BCUT2D eigenvalue weighted by Crippen LogP contribution is 2.46. The van der Waals surface area contributed by atoms with E-state index in [1.807, 2.05) is 6.20 Å². The molecule has 0 amide bonds. The molecular formula is C27H36N6O2S. The van der Waals surface area contributed by atoms with Crippen LogP contribution in [0.1, 0.15) is 71.6 Å². The summed E-state index contributed by atoms with van der Waals surface area (Å²) < 4.78 is 12.0. The van der Waals surface area contributed by atoms with Crippen LogP contribution in [0.15, 0.2) is 24.4 Å². The van der Waals surface area contributed by atoms with E-state index < -0.39 is 0 Å². The fourth-order valence-corrected chi connectivity index (χ4v) is 7.21. The minimum atomic E-state index is -0.0558. The number of aromatic nitrogens is 4. The van der Waals surface area contributed by atoms with Crippen molar-refractivity contribution in [1.29, 1.82) is 0 Å². The van der Waals surface area contributed by atoms with Gasteiger partial charge >= 0.3 is 0 Å². The largest absolute Gasteiger partial charge is 0.472 e. The summed E-state index contributed by atoms with van der Waals surface area (Å²) in [7, 11) is 2.18. The van der Waals surface area contributed by atoms with Crippen LogP contribution < -0.4 is 15.0 Å². The van der Waals surface area contributed by atoms with Crippen LogP contribution in [0, 0.1) is 0 Å². The smallest absolute Gasteiger partial charge is 0.234 e. The molecule has 3 aliphatic rings. The van der Waals surface area contributed by atoms with Gasteiger partial charge in [-0.05, 0) is 71.4 Å². The van der Waals surface area contributed by atoms with Gasteiger partial charge in [-0.2, -0.15) is 20.0 Å². The molecular weight excluding hydrogens is 472 g/mol. The number of benzene rings is 1. The Hall–Kier alpha value is -2.49. The summed E-state index contributed by atoms with van der Waals surface area (Å²) in [6, 6.07) is 6.91. The van der Waals surface area contributed by atoms with Gasteiger partial charge in [0, 0.05) is 41.9 Å². The van der Waals surface area contributed by atoms with Crippen molar-refractivity contribution in [2.45, 2.75) is 89.8 Å². The third kappa shape index (κ3) is 4.53. The van der Waals surface area contributed by atoms with Crippen LogP contribution in [-0.4, -0.2) is 50.8 Å². The van der Waals surface area contributed by atoms with Crippen molar-refractivity contribution in [2.24, 2.45) is 0 Å². The molecule has 5 heterocycles. The number of anilines is 1. The molecule has 6 rings (SSSR count). The third-order valence-corrected chi connectivity index (χ3v) is 8.70. The van der Waals surface area contributed by atoms with Crippen LogP contribution >= 0.6 is 11.3 Å². The number of thiazole rings is 1. The van der Waals surface area contributed by atoms with E-state index >= 15 is 0 Å². The zero-order chi connectivity index (χ0) is 25.1. The number of nitrogens with zero attached hydrogens (tertiary/aromatic N) is 5. The summed E-state index contributed by atoms with van der Waals surface area (Å²) in [5.74, 6) is 0.745. The molecule has 1 atom stereocenters. The van der Waals surface area contributed by atoms with Gasteiger partial charge in [0.25, 0.3) is 0 Å². The Labute approximate surface area is 217 Å². The van der Waals surface area contributed by atoms with E-state index in [9.17, 15) is 0 Å². The van der Waals surface area contributed by atoms with Crippen molar-refractivity contribution in [2.75, 3.05) is 18.6 Å². The first-order valence-corrected chi connectivity index (χ1v) is 13.8. The fraction of sp³-hybridized carbons (Fsp3) is 0.593. The first-order chi connectivity index (χ1) is 17.2. The van der Waals surface area contributed by atoms with Crippen molar-refractivity contribution in [3.8, 4) is 27.6 Å². The molecule has 8 nitrogen and oxygen atoms in total. The number of piperidine rings is 1. The number of rotatable bonds is 4. The van der Waals surface area contributed by atoms with Crippen LogP contribution in [0.3, 0.4) is 0 Å². The first kappa shape index (κ1) is 23.9. The molecule has 1 unspecified atom stereocenters. The Morgan fingerprint density at radius 3 is 2.69 bits per heavy atom. The number of ether oxygens (including phenoxy) is 2. The van der Waals surface area contributed by atoms with Gasteiger partial charge in [0.15, 0.2) is 11.4 Å². The Morgan fingerprint density at radius 2 is 1.94 bits per heavy atom. The highest BCUT2D eigenvalue weighted by atomic mass is 32.1. The lowest BCUT2D eigenvalue weighted by Gasteiger charge is -2.48. The summed E-state index contributed by atoms with van der Waals surface area (Å²) in [5.41, 5.74) is 4.43. The second kappa shape index (κ2) is 8.82. The van der Waals surface area contributed by atoms with Gasteiger partial charge in [0.1, 0.15) is 17.2 Å². The average Bonchev–Trinajstić information content (AvgIpc) is 3.50. The van der Waals surface area contributed by atoms with Crippen molar-refractivity contribution in [3.63, 3.8) is 0 Å².